The summed E-state index contributed by atoms with van der Waals surface area (Å²) in [6, 6.07) is 11.0. The molecule has 0 unspecified atom stereocenters. The molecule has 2 heterocycles. The maximum Gasteiger partial charge on any atom is 0.175 e. The number of anilines is 1. The first-order chi connectivity index (χ1) is 12.4. The van der Waals surface area contributed by atoms with E-state index in [0.717, 1.165) is 23.3 Å². The minimum absolute atomic E-state index is 0.0404. The van der Waals surface area contributed by atoms with Gasteiger partial charge in [0.15, 0.2) is 9.84 Å². The van der Waals surface area contributed by atoms with Crippen LogP contribution >= 0.6 is 0 Å². The largest absolute Gasteiger partial charge is 0.493 e. The fourth-order valence-corrected chi connectivity index (χ4v) is 3.92. The molecule has 1 aromatic heterocycles. The Balaban J connectivity index is 1.78. The van der Waals surface area contributed by atoms with Gasteiger partial charge in [-0.25, -0.2) is 18.4 Å². The molecule has 0 spiro atoms. The van der Waals surface area contributed by atoms with Crippen LogP contribution in [0.5, 0.6) is 5.75 Å². The molecule has 0 aliphatic carbocycles. The number of ether oxygens (including phenoxy) is 1. The van der Waals surface area contributed by atoms with Crippen molar-refractivity contribution in [3.05, 3.63) is 53.9 Å². The highest BCUT2D eigenvalue weighted by molar-refractivity contribution is 7.90. The van der Waals surface area contributed by atoms with Crippen molar-refractivity contribution in [1.82, 2.24) is 9.97 Å². The Kier molecular flexibility index (Phi) is 4.03. The second-order valence-corrected chi connectivity index (χ2v) is 8.52. The Morgan fingerprint density at radius 2 is 2.04 bits per heavy atom. The third-order valence-electron chi connectivity index (χ3n) is 4.62. The summed E-state index contributed by atoms with van der Waals surface area (Å²) in [5.74, 6) is 1.53. The summed E-state index contributed by atoms with van der Waals surface area (Å²) in [6.07, 6.45) is 3.48. The van der Waals surface area contributed by atoms with Crippen LogP contribution in [0.25, 0.3) is 10.9 Å². The summed E-state index contributed by atoms with van der Waals surface area (Å²) < 4.78 is 29.6. The monoisotopic (exact) mass is 369 g/mol. The lowest BCUT2D eigenvalue weighted by molar-refractivity contribution is 0.272. The molecule has 0 saturated carbocycles. The summed E-state index contributed by atoms with van der Waals surface area (Å²) >= 11 is 0. The van der Waals surface area contributed by atoms with Gasteiger partial charge in [-0.3, -0.25) is 0 Å². The van der Waals surface area contributed by atoms with Gasteiger partial charge in [0, 0.05) is 23.6 Å². The van der Waals surface area contributed by atoms with Gasteiger partial charge in [0.05, 0.1) is 23.1 Å². The van der Waals surface area contributed by atoms with Crippen molar-refractivity contribution in [2.45, 2.75) is 24.3 Å². The lowest BCUT2D eigenvalue weighted by atomic mass is 9.98. The first-order valence-electron chi connectivity index (χ1n) is 8.37. The molecule has 0 radical (unpaired) electrons. The number of hydrogen-bond acceptors (Lipinski definition) is 6. The Morgan fingerprint density at radius 1 is 1.19 bits per heavy atom. The number of benzene rings is 2. The van der Waals surface area contributed by atoms with Gasteiger partial charge in [0.1, 0.15) is 17.9 Å². The molecule has 1 N–H and O–H groups in total. The van der Waals surface area contributed by atoms with Gasteiger partial charge in [-0.1, -0.05) is 18.2 Å². The van der Waals surface area contributed by atoms with E-state index >= 15 is 0 Å². The van der Waals surface area contributed by atoms with E-state index in [2.05, 4.69) is 15.3 Å². The molecule has 1 aliphatic heterocycles. The molecule has 1 atom stereocenters. The van der Waals surface area contributed by atoms with Gasteiger partial charge < -0.3 is 10.1 Å². The van der Waals surface area contributed by atoms with Gasteiger partial charge in [-0.2, -0.15) is 0 Å². The smallest absolute Gasteiger partial charge is 0.175 e. The minimum atomic E-state index is -3.30. The summed E-state index contributed by atoms with van der Waals surface area (Å²) in [6.45, 7) is 2.65. The van der Waals surface area contributed by atoms with E-state index in [1.54, 1.807) is 18.2 Å². The zero-order valence-electron chi connectivity index (χ0n) is 14.6. The molecular formula is C19H19N3O3S. The topological polar surface area (TPSA) is 81.2 Å². The van der Waals surface area contributed by atoms with Crippen molar-refractivity contribution in [2.24, 2.45) is 0 Å². The van der Waals surface area contributed by atoms with Gasteiger partial charge in [-0.15, -0.1) is 0 Å². The van der Waals surface area contributed by atoms with Crippen LogP contribution in [0.2, 0.25) is 0 Å². The molecule has 7 heteroatoms. The van der Waals surface area contributed by atoms with E-state index in [1.807, 2.05) is 25.1 Å². The van der Waals surface area contributed by atoms with E-state index in [-0.39, 0.29) is 10.9 Å². The van der Waals surface area contributed by atoms with Crippen molar-refractivity contribution < 1.29 is 13.2 Å². The Morgan fingerprint density at radius 3 is 2.85 bits per heavy atom. The number of nitrogens with zero attached hydrogens (tertiary/aromatic N) is 2. The molecule has 0 fully saturated rings. The molecule has 1 aliphatic rings. The standard InChI is InChI=1S/C19H19N3O3S/c1-12-4-3-5-14-17(8-9-25-18(12)14)22-19-15-10-13(26(2,23)24)6-7-16(15)20-11-21-19/h3-7,10-11,17H,8-9H2,1-2H3,(H,20,21,22)/t17-/m0/s1. The molecule has 4 rings (SSSR count). The molecule has 26 heavy (non-hydrogen) atoms. The van der Waals surface area contributed by atoms with E-state index in [9.17, 15) is 8.42 Å². The molecule has 0 bridgehead atoms. The van der Waals surface area contributed by atoms with Crippen molar-refractivity contribution in [1.29, 1.82) is 0 Å². The number of sulfone groups is 1. The quantitative estimate of drug-likeness (QED) is 0.763. The third-order valence-corrected chi connectivity index (χ3v) is 5.73. The normalized spacial score (nSPS) is 16.8. The number of fused-ring (bicyclic) bond motifs is 2. The maximum absolute atomic E-state index is 11.9. The predicted molar refractivity (Wildman–Crippen MR) is 100 cm³/mol. The van der Waals surface area contributed by atoms with Crippen LogP contribution in [0, 0.1) is 6.92 Å². The van der Waals surface area contributed by atoms with E-state index in [0.29, 0.717) is 23.3 Å². The molecular weight excluding hydrogens is 350 g/mol. The number of nitrogens with one attached hydrogen (secondary N) is 1. The average molecular weight is 369 g/mol. The Hall–Kier alpha value is -2.67. The molecule has 2 aromatic carbocycles. The number of hydrogen-bond donors (Lipinski definition) is 1. The van der Waals surface area contributed by atoms with Crippen LogP contribution in [0.4, 0.5) is 5.82 Å². The predicted octanol–water partition coefficient (Wildman–Crippen LogP) is 3.28. The van der Waals surface area contributed by atoms with E-state index < -0.39 is 9.84 Å². The second-order valence-electron chi connectivity index (χ2n) is 6.50. The number of aryl methyl sites for hydroxylation is 1. The zero-order valence-corrected chi connectivity index (χ0v) is 15.4. The summed E-state index contributed by atoms with van der Waals surface area (Å²) in [5, 5.41) is 4.15. The molecule has 0 saturated heterocycles. The fraction of sp³-hybridized carbons (Fsp3) is 0.263. The maximum atomic E-state index is 11.9. The molecule has 134 valence electrons. The van der Waals surface area contributed by atoms with Gasteiger partial charge in [0.25, 0.3) is 0 Å². The van der Waals surface area contributed by atoms with Crippen LogP contribution in [0.1, 0.15) is 23.6 Å². The van der Waals surface area contributed by atoms with Gasteiger partial charge in [0.2, 0.25) is 0 Å². The highest BCUT2D eigenvalue weighted by Gasteiger charge is 2.23. The number of para-hydroxylation sites is 1. The Bertz CT molecular complexity index is 1100. The lowest BCUT2D eigenvalue weighted by Crippen LogP contribution is -2.21. The third kappa shape index (κ3) is 2.99. The van der Waals surface area contributed by atoms with Gasteiger partial charge >= 0.3 is 0 Å². The molecule has 3 aromatic rings. The van der Waals surface area contributed by atoms with Crippen LogP contribution in [-0.4, -0.2) is 31.2 Å². The van der Waals surface area contributed by atoms with Crippen LogP contribution in [0.15, 0.2) is 47.6 Å². The van der Waals surface area contributed by atoms with Gasteiger partial charge in [-0.05, 0) is 30.7 Å². The number of aromatic nitrogens is 2. The van der Waals surface area contributed by atoms with Crippen molar-refractivity contribution in [3.63, 3.8) is 0 Å². The highest BCUT2D eigenvalue weighted by Crippen LogP contribution is 2.37. The van der Waals surface area contributed by atoms with Crippen LogP contribution in [-0.2, 0) is 9.84 Å². The zero-order chi connectivity index (χ0) is 18.3. The summed E-state index contributed by atoms with van der Waals surface area (Å²) in [5.41, 5.74) is 2.88. The van der Waals surface area contributed by atoms with Crippen LogP contribution in [0.3, 0.4) is 0 Å². The first-order valence-corrected chi connectivity index (χ1v) is 10.3. The molecule has 6 nitrogen and oxygen atoms in total. The lowest BCUT2D eigenvalue weighted by Gasteiger charge is -2.28. The first kappa shape index (κ1) is 16.8. The number of rotatable bonds is 3. The molecule has 0 amide bonds. The SMILES string of the molecule is Cc1cccc2c1OCC[C@@H]2Nc1ncnc2ccc(S(C)(=O)=O)cc12. The van der Waals surface area contributed by atoms with E-state index in [4.69, 9.17) is 4.74 Å². The summed E-state index contributed by atoms with van der Waals surface area (Å²) in [4.78, 5) is 8.86. The van der Waals surface area contributed by atoms with Crippen molar-refractivity contribution in [2.75, 3.05) is 18.2 Å². The van der Waals surface area contributed by atoms with Crippen LogP contribution < -0.4 is 10.1 Å². The summed E-state index contributed by atoms with van der Waals surface area (Å²) in [7, 11) is -3.30. The Labute approximate surface area is 152 Å². The minimum Gasteiger partial charge on any atom is -0.493 e. The second kappa shape index (κ2) is 6.25. The highest BCUT2D eigenvalue weighted by atomic mass is 32.2. The van der Waals surface area contributed by atoms with E-state index in [1.165, 1.54) is 12.6 Å². The van der Waals surface area contributed by atoms with Crippen molar-refractivity contribution in [3.8, 4) is 5.75 Å². The van der Waals surface area contributed by atoms with Crippen molar-refractivity contribution >= 4 is 26.6 Å². The fourth-order valence-electron chi connectivity index (χ4n) is 3.28. The average Bonchev–Trinajstić information content (AvgIpc) is 2.62.